The van der Waals surface area contributed by atoms with Gasteiger partial charge in [-0.2, -0.15) is 5.26 Å². The van der Waals surface area contributed by atoms with Crippen molar-refractivity contribution in [2.45, 2.75) is 25.2 Å². The molecule has 2 rings (SSSR count). The minimum absolute atomic E-state index is 0.527. The van der Waals surface area contributed by atoms with Crippen LogP contribution in [0.15, 0.2) is 12.4 Å². The summed E-state index contributed by atoms with van der Waals surface area (Å²) in [5, 5.41) is 8.51. The zero-order valence-corrected chi connectivity index (χ0v) is 8.85. The number of anilines is 1. The monoisotopic (exact) mass is 202 g/mol. The van der Waals surface area contributed by atoms with Gasteiger partial charge in [0.2, 0.25) is 0 Å². The average molecular weight is 202 g/mol. The predicted octanol–water partition coefficient (Wildman–Crippen LogP) is 1.70. The number of aromatic nitrogens is 2. The van der Waals surface area contributed by atoms with Crippen LogP contribution < -0.4 is 4.90 Å². The van der Waals surface area contributed by atoms with Crippen LogP contribution in [0.4, 0.5) is 5.82 Å². The van der Waals surface area contributed by atoms with E-state index in [9.17, 15) is 0 Å². The van der Waals surface area contributed by atoms with Crippen molar-refractivity contribution in [2.75, 3.05) is 18.5 Å². The third-order valence-corrected chi connectivity index (χ3v) is 2.62. The van der Waals surface area contributed by atoms with E-state index in [1.54, 1.807) is 6.33 Å². The van der Waals surface area contributed by atoms with E-state index in [-0.39, 0.29) is 0 Å². The van der Waals surface area contributed by atoms with Crippen LogP contribution >= 0.6 is 0 Å². The third kappa shape index (κ3) is 2.44. The summed E-state index contributed by atoms with van der Waals surface area (Å²) in [6, 6.07) is 4.17. The minimum Gasteiger partial charge on any atom is -0.359 e. The van der Waals surface area contributed by atoms with Crippen LogP contribution in [0.1, 0.15) is 30.9 Å². The van der Waals surface area contributed by atoms with E-state index in [4.69, 9.17) is 5.26 Å². The van der Waals surface area contributed by atoms with Crippen LogP contribution in [0.2, 0.25) is 0 Å². The van der Waals surface area contributed by atoms with Crippen molar-refractivity contribution < 1.29 is 0 Å². The Balaban J connectivity index is 2.06. The summed E-state index contributed by atoms with van der Waals surface area (Å²) in [7, 11) is 1.95. The number of nitriles is 1. The molecule has 0 atom stereocenters. The van der Waals surface area contributed by atoms with Gasteiger partial charge in [0, 0.05) is 31.3 Å². The van der Waals surface area contributed by atoms with Crippen LogP contribution in [-0.4, -0.2) is 23.6 Å². The van der Waals surface area contributed by atoms with Crippen molar-refractivity contribution in [3.63, 3.8) is 0 Å². The Kier molecular flexibility index (Phi) is 2.82. The summed E-state index contributed by atoms with van der Waals surface area (Å²) in [6.07, 6.45) is 4.64. The molecule has 0 amide bonds. The summed E-state index contributed by atoms with van der Waals surface area (Å²) in [4.78, 5) is 10.5. The lowest BCUT2D eigenvalue weighted by Crippen LogP contribution is -2.19. The molecule has 4 nitrogen and oxygen atoms in total. The normalized spacial score (nSPS) is 14.7. The van der Waals surface area contributed by atoms with Gasteiger partial charge >= 0.3 is 0 Å². The Morgan fingerprint density at radius 1 is 1.53 bits per heavy atom. The second-order valence-corrected chi connectivity index (χ2v) is 3.91. The molecular formula is C11H14N4. The maximum atomic E-state index is 8.51. The predicted molar refractivity (Wildman–Crippen MR) is 57.5 cm³/mol. The fourth-order valence-corrected chi connectivity index (χ4v) is 1.50. The standard InChI is InChI=1S/C11H14N4/c1-15(6-2-5-12)11-7-10(9-3-4-9)13-8-14-11/h7-9H,2-4,6H2,1H3. The maximum absolute atomic E-state index is 8.51. The van der Waals surface area contributed by atoms with E-state index in [0.29, 0.717) is 12.3 Å². The first kappa shape index (κ1) is 9.91. The SMILES string of the molecule is CN(CCC#N)c1cc(C2CC2)ncn1. The van der Waals surface area contributed by atoms with Crippen molar-refractivity contribution in [1.82, 2.24) is 9.97 Å². The van der Waals surface area contributed by atoms with Gasteiger partial charge < -0.3 is 4.90 Å². The lowest BCUT2D eigenvalue weighted by atomic mass is 10.2. The van der Waals surface area contributed by atoms with Gasteiger partial charge in [-0.05, 0) is 12.8 Å². The maximum Gasteiger partial charge on any atom is 0.131 e. The van der Waals surface area contributed by atoms with Crippen LogP contribution in [-0.2, 0) is 0 Å². The van der Waals surface area contributed by atoms with Gasteiger partial charge in [-0.1, -0.05) is 0 Å². The molecule has 0 spiro atoms. The molecule has 0 unspecified atom stereocenters. The third-order valence-electron chi connectivity index (χ3n) is 2.62. The molecule has 15 heavy (non-hydrogen) atoms. The van der Waals surface area contributed by atoms with Crippen LogP contribution in [0.3, 0.4) is 0 Å². The highest BCUT2D eigenvalue weighted by atomic mass is 15.2. The first-order chi connectivity index (χ1) is 7.31. The number of nitrogens with zero attached hydrogens (tertiary/aromatic N) is 4. The largest absolute Gasteiger partial charge is 0.359 e. The quantitative estimate of drug-likeness (QED) is 0.745. The lowest BCUT2D eigenvalue weighted by molar-refractivity contribution is 0.868. The zero-order valence-electron chi connectivity index (χ0n) is 8.85. The van der Waals surface area contributed by atoms with E-state index in [0.717, 1.165) is 18.1 Å². The fraction of sp³-hybridized carbons (Fsp3) is 0.545. The van der Waals surface area contributed by atoms with Crippen molar-refractivity contribution in [1.29, 1.82) is 5.26 Å². The zero-order chi connectivity index (χ0) is 10.7. The highest BCUT2D eigenvalue weighted by molar-refractivity contribution is 5.39. The molecule has 1 aliphatic carbocycles. The topological polar surface area (TPSA) is 52.8 Å². The molecule has 0 saturated heterocycles. The van der Waals surface area contributed by atoms with Gasteiger partial charge in [0.15, 0.2) is 0 Å². The fourth-order valence-electron chi connectivity index (χ4n) is 1.50. The average Bonchev–Trinajstić information content (AvgIpc) is 3.10. The Labute approximate surface area is 89.6 Å². The van der Waals surface area contributed by atoms with E-state index >= 15 is 0 Å². The second kappa shape index (κ2) is 4.26. The van der Waals surface area contributed by atoms with Crippen LogP contribution in [0.25, 0.3) is 0 Å². The molecule has 0 aromatic carbocycles. The number of rotatable bonds is 4. The Bertz CT molecular complexity index is 378. The highest BCUT2D eigenvalue weighted by Gasteiger charge is 2.25. The molecule has 1 aromatic heterocycles. The highest BCUT2D eigenvalue weighted by Crippen LogP contribution is 2.39. The lowest BCUT2D eigenvalue weighted by Gasteiger charge is -2.16. The van der Waals surface area contributed by atoms with Crippen LogP contribution in [0, 0.1) is 11.3 Å². The molecule has 1 aliphatic rings. The van der Waals surface area contributed by atoms with Gasteiger partial charge in [0.1, 0.15) is 12.1 Å². The van der Waals surface area contributed by atoms with Gasteiger partial charge in [0.25, 0.3) is 0 Å². The van der Waals surface area contributed by atoms with Gasteiger partial charge in [0.05, 0.1) is 12.5 Å². The number of hydrogen-bond donors (Lipinski definition) is 0. The Hall–Kier alpha value is -1.63. The smallest absolute Gasteiger partial charge is 0.131 e. The molecule has 0 radical (unpaired) electrons. The summed E-state index contributed by atoms with van der Waals surface area (Å²) in [5.41, 5.74) is 1.14. The molecule has 0 N–H and O–H groups in total. The van der Waals surface area contributed by atoms with E-state index in [2.05, 4.69) is 16.0 Å². The molecule has 0 bridgehead atoms. The van der Waals surface area contributed by atoms with E-state index in [1.165, 1.54) is 12.8 Å². The van der Waals surface area contributed by atoms with Crippen molar-refractivity contribution >= 4 is 5.82 Å². The molecular weight excluding hydrogens is 188 g/mol. The molecule has 4 heteroatoms. The van der Waals surface area contributed by atoms with E-state index in [1.807, 2.05) is 18.0 Å². The van der Waals surface area contributed by atoms with E-state index < -0.39 is 0 Å². The van der Waals surface area contributed by atoms with Crippen molar-refractivity contribution in [3.05, 3.63) is 18.1 Å². The van der Waals surface area contributed by atoms with Gasteiger partial charge in [-0.15, -0.1) is 0 Å². The second-order valence-electron chi connectivity index (χ2n) is 3.91. The molecule has 78 valence electrons. The molecule has 0 aliphatic heterocycles. The summed E-state index contributed by atoms with van der Waals surface area (Å²) >= 11 is 0. The molecule has 1 fully saturated rings. The molecule has 1 heterocycles. The minimum atomic E-state index is 0.527. The first-order valence-electron chi connectivity index (χ1n) is 5.21. The van der Waals surface area contributed by atoms with Crippen LogP contribution in [0.5, 0.6) is 0 Å². The molecule has 1 saturated carbocycles. The Morgan fingerprint density at radius 3 is 3.00 bits per heavy atom. The Morgan fingerprint density at radius 2 is 2.33 bits per heavy atom. The summed E-state index contributed by atoms with van der Waals surface area (Å²) < 4.78 is 0. The van der Waals surface area contributed by atoms with Gasteiger partial charge in [-0.3, -0.25) is 0 Å². The molecule has 1 aromatic rings. The van der Waals surface area contributed by atoms with Gasteiger partial charge in [-0.25, -0.2) is 9.97 Å². The van der Waals surface area contributed by atoms with Crippen molar-refractivity contribution in [2.24, 2.45) is 0 Å². The summed E-state index contributed by atoms with van der Waals surface area (Å²) in [5.74, 6) is 1.57. The van der Waals surface area contributed by atoms with Crippen molar-refractivity contribution in [3.8, 4) is 6.07 Å². The number of hydrogen-bond acceptors (Lipinski definition) is 4. The first-order valence-corrected chi connectivity index (χ1v) is 5.21. The summed E-state index contributed by atoms with van der Waals surface area (Å²) in [6.45, 7) is 0.720.